The van der Waals surface area contributed by atoms with Gasteiger partial charge in [-0.3, -0.25) is 10.1 Å². The molecular weight excluding hydrogens is 262 g/mol. The molecule has 0 atom stereocenters. The molecule has 1 heterocycles. The molecule has 0 spiro atoms. The second-order valence-electron chi connectivity index (χ2n) is 3.66. The topological polar surface area (TPSA) is 127 Å². The molecule has 1 aromatic carbocycles. The van der Waals surface area contributed by atoms with E-state index in [2.05, 4.69) is 10.4 Å². The molecule has 8 heteroatoms. The summed E-state index contributed by atoms with van der Waals surface area (Å²) in [6.45, 7) is 0. The minimum absolute atomic E-state index is 0.208. The number of benzene rings is 1. The number of nitrogens with one attached hydrogen (secondary N) is 1. The van der Waals surface area contributed by atoms with Gasteiger partial charge in [0.05, 0.1) is 16.6 Å². The number of nitro groups is 1. The average Bonchev–Trinajstić information content (AvgIpc) is 2.47. The Hall–Kier alpha value is -3.18. The lowest BCUT2D eigenvalue weighted by Crippen LogP contribution is -2.09. The van der Waals surface area contributed by atoms with Gasteiger partial charge in [0.2, 0.25) is 0 Å². The molecule has 0 fully saturated rings. The first-order chi connectivity index (χ1) is 9.63. The van der Waals surface area contributed by atoms with Crippen molar-refractivity contribution in [3.63, 3.8) is 0 Å². The number of hydrogen-bond donors (Lipinski definition) is 2. The van der Waals surface area contributed by atoms with Crippen LogP contribution in [-0.2, 0) is 0 Å². The summed E-state index contributed by atoms with van der Waals surface area (Å²) in [5.74, 6) is 5.49. The zero-order valence-electron chi connectivity index (χ0n) is 10.1. The standard InChI is InChI=1S/C12H9N5O3/c13-7-8-2-1-3-9(6-8)20-12-10(17(18)19)4-5-11(15-12)16-14/h1-6H,14H2,(H,15,16). The lowest BCUT2D eigenvalue weighted by Gasteiger charge is -2.07. The van der Waals surface area contributed by atoms with Gasteiger partial charge >= 0.3 is 11.6 Å². The molecule has 2 aromatic rings. The van der Waals surface area contributed by atoms with Gasteiger partial charge in [0.1, 0.15) is 11.6 Å². The van der Waals surface area contributed by atoms with Gasteiger partial charge in [0, 0.05) is 6.07 Å². The van der Waals surface area contributed by atoms with Crippen LogP contribution in [0.4, 0.5) is 11.5 Å². The van der Waals surface area contributed by atoms with E-state index >= 15 is 0 Å². The molecule has 0 bridgehead atoms. The second-order valence-corrected chi connectivity index (χ2v) is 3.66. The lowest BCUT2D eigenvalue weighted by atomic mass is 10.2. The summed E-state index contributed by atoms with van der Waals surface area (Å²) >= 11 is 0. The summed E-state index contributed by atoms with van der Waals surface area (Å²) in [5, 5.41) is 19.7. The van der Waals surface area contributed by atoms with E-state index in [0.717, 1.165) is 0 Å². The van der Waals surface area contributed by atoms with E-state index in [4.69, 9.17) is 15.8 Å². The molecule has 0 aliphatic carbocycles. The van der Waals surface area contributed by atoms with Crippen LogP contribution < -0.4 is 16.0 Å². The quantitative estimate of drug-likeness (QED) is 0.494. The molecule has 20 heavy (non-hydrogen) atoms. The number of pyridine rings is 1. The number of ether oxygens (including phenoxy) is 1. The van der Waals surface area contributed by atoms with Crippen molar-refractivity contribution in [3.8, 4) is 17.7 Å². The number of hydrogen-bond acceptors (Lipinski definition) is 7. The Balaban J connectivity index is 2.40. The van der Waals surface area contributed by atoms with Gasteiger partial charge in [-0.2, -0.15) is 10.2 Å². The van der Waals surface area contributed by atoms with Gasteiger partial charge < -0.3 is 10.2 Å². The van der Waals surface area contributed by atoms with Crippen LogP contribution >= 0.6 is 0 Å². The summed E-state index contributed by atoms with van der Waals surface area (Å²) < 4.78 is 5.36. The van der Waals surface area contributed by atoms with Crippen LogP contribution in [0.3, 0.4) is 0 Å². The van der Waals surface area contributed by atoms with Crippen LogP contribution in [0.2, 0.25) is 0 Å². The molecule has 0 aliphatic rings. The molecule has 8 nitrogen and oxygen atoms in total. The van der Waals surface area contributed by atoms with E-state index in [-0.39, 0.29) is 23.1 Å². The highest BCUT2D eigenvalue weighted by atomic mass is 16.6. The Labute approximate surface area is 113 Å². The van der Waals surface area contributed by atoms with E-state index in [9.17, 15) is 10.1 Å². The van der Waals surface area contributed by atoms with Gasteiger partial charge in [0.25, 0.3) is 0 Å². The first kappa shape index (κ1) is 13.3. The van der Waals surface area contributed by atoms with Crippen molar-refractivity contribution in [2.75, 3.05) is 5.43 Å². The predicted molar refractivity (Wildman–Crippen MR) is 69.9 cm³/mol. The molecule has 2 rings (SSSR count). The Morgan fingerprint density at radius 2 is 2.20 bits per heavy atom. The first-order valence-corrected chi connectivity index (χ1v) is 5.44. The highest BCUT2D eigenvalue weighted by molar-refractivity contribution is 5.50. The zero-order valence-corrected chi connectivity index (χ0v) is 10.1. The normalized spacial score (nSPS) is 9.60. The van der Waals surface area contributed by atoms with E-state index in [1.807, 2.05) is 6.07 Å². The monoisotopic (exact) mass is 271 g/mol. The second kappa shape index (κ2) is 5.64. The van der Waals surface area contributed by atoms with Crippen molar-refractivity contribution in [2.24, 2.45) is 5.84 Å². The molecule has 100 valence electrons. The first-order valence-electron chi connectivity index (χ1n) is 5.44. The van der Waals surface area contributed by atoms with Crippen LogP contribution in [0.25, 0.3) is 0 Å². The van der Waals surface area contributed by atoms with E-state index in [0.29, 0.717) is 5.56 Å². The predicted octanol–water partition coefficient (Wildman–Crippen LogP) is 1.94. The van der Waals surface area contributed by atoms with Crippen molar-refractivity contribution in [1.82, 2.24) is 4.98 Å². The van der Waals surface area contributed by atoms with E-state index < -0.39 is 4.92 Å². The number of hydrazine groups is 1. The van der Waals surface area contributed by atoms with Crippen LogP contribution in [0.5, 0.6) is 11.6 Å². The Morgan fingerprint density at radius 1 is 1.40 bits per heavy atom. The largest absolute Gasteiger partial charge is 0.434 e. The van der Waals surface area contributed by atoms with Crippen molar-refractivity contribution in [2.45, 2.75) is 0 Å². The molecule has 0 amide bonds. The number of rotatable bonds is 4. The third-order valence-electron chi connectivity index (χ3n) is 2.36. The maximum absolute atomic E-state index is 10.9. The number of nitrogens with zero attached hydrogens (tertiary/aromatic N) is 3. The van der Waals surface area contributed by atoms with Crippen LogP contribution in [0.1, 0.15) is 5.56 Å². The zero-order chi connectivity index (χ0) is 14.5. The van der Waals surface area contributed by atoms with Gasteiger partial charge in [-0.1, -0.05) is 6.07 Å². The minimum Gasteiger partial charge on any atom is -0.434 e. The van der Waals surface area contributed by atoms with Gasteiger partial charge in [0.15, 0.2) is 0 Å². The summed E-state index contributed by atoms with van der Waals surface area (Å²) in [7, 11) is 0. The molecule has 0 saturated carbocycles. The summed E-state index contributed by atoms with van der Waals surface area (Å²) in [4.78, 5) is 14.2. The molecular formula is C12H9N5O3. The number of anilines is 1. The maximum Gasteiger partial charge on any atom is 0.331 e. The third-order valence-corrected chi connectivity index (χ3v) is 2.36. The van der Waals surface area contributed by atoms with Crippen LogP contribution in [0.15, 0.2) is 36.4 Å². The number of nitriles is 1. The highest BCUT2D eigenvalue weighted by Gasteiger charge is 2.18. The number of aromatic nitrogens is 1. The van der Waals surface area contributed by atoms with E-state index in [1.54, 1.807) is 18.2 Å². The van der Waals surface area contributed by atoms with Crippen molar-refractivity contribution >= 4 is 11.5 Å². The average molecular weight is 271 g/mol. The molecule has 0 radical (unpaired) electrons. The van der Waals surface area contributed by atoms with Crippen molar-refractivity contribution < 1.29 is 9.66 Å². The molecule has 3 N–H and O–H groups in total. The molecule has 0 saturated heterocycles. The Kier molecular flexibility index (Phi) is 3.74. The minimum atomic E-state index is -0.614. The SMILES string of the molecule is N#Cc1cccc(Oc2nc(NN)ccc2[N+](=O)[O-])c1. The molecule has 0 unspecified atom stereocenters. The van der Waals surface area contributed by atoms with Crippen molar-refractivity contribution in [3.05, 3.63) is 52.1 Å². The fourth-order valence-corrected chi connectivity index (χ4v) is 1.47. The van der Waals surface area contributed by atoms with E-state index in [1.165, 1.54) is 18.2 Å². The summed E-state index contributed by atoms with van der Waals surface area (Å²) in [5.41, 5.74) is 2.35. The highest BCUT2D eigenvalue weighted by Crippen LogP contribution is 2.30. The number of nitrogens with two attached hydrogens (primary N) is 1. The van der Waals surface area contributed by atoms with Crippen LogP contribution in [0, 0.1) is 21.4 Å². The third kappa shape index (κ3) is 2.80. The Bertz CT molecular complexity index is 696. The Morgan fingerprint density at radius 3 is 2.85 bits per heavy atom. The molecule has 1 aromatic heterocycles. The fraction of sp³-hybridized carbons (Fsp3) is 0. The summed E-state index contributed by atoms with van der Waals surface area (Å²) in [6.07, 6.45) is 0. The van der Waals surface area contributed by atoms with Crippen LogP contribution in [-0.4, -0.2) is 9.91 Å². The molecule has 0 aliphatic heterocycles. The maximum atomic E-state index is 10.9. The smallest absolute Gasteiger partial charge is 0.331 e. The fourth-order valence-electron chi connectivity index (χ4n) is 1.47. The van der Waals surface area contributed by atoms with Gasteiger partial charge in [-0.25, -0.2) is 5.84 Å². The number of nitrogen functional groups attached to an aromatic ring is 1. The van der Waals surface area contributed by atoms with Gasteiger partial charge in [-0.05, 0) is 24.3 Å². The van der Waals surface area contributed by atoms with Crippen molar-refractivity contribution in [1.29, 1.82) is 5.26 Å². The van der Waals surface area contributed by atoms with Gasteiger partial charge in [-0.15, -0.1) is 0 Å². The summed E-state index contributed by atoms with van der Waals surface area (Å²) in [6, 6.07) is 10.7. The lowest BCUT2D eigenvalue weighted by molar-refractivity contribution is -0.386.